The Morgan fingerprint density at radius 2 is 1.90 bits per heavy atom. The maximum Gasteiger partial charge on any atom is 0.405 e. The lowest BCUT2D eigenvalue weighted by molar-refractivity contribution is -0.184. The van der Waals surface area contributed by atoms with Gasteiger partial charge in [0.25, 0.3) is 0 Å². The topological polar surface area (TPSA) is 44.4 Å². The van der Waals surface area contributed by atoms with Crippen LogP contribution in [0.5, 0.6) is 0 Å². The maximum atomic E-state index is 13.1. The highest BCUT2D eigenvalue weighted by Gasteiger charge is 2.45. The largest absolute Gasteiger partial charge is 0.405 e. The average molecular weight is 330 g/mol. The van der Waals surface area contributed by atoms with Gasteiger partial charge in [-0.15, -0.1) is 12.4 Å². The number of amides is 1. The van der Waals surface area contributed by atoms with E-state index in [0.29, 0.717) is 26.2 Å². The molecule has 1 saturated carbocycles. The summed E-state index contributed by atoms with van der Waals surface area (Å²) in [7, 11) is 0. The molecule has 2 rings (SSSR count). The van der Waals surface area contributed by atoms with Crippen molar-refractivity contribution >= 4 is 18.3 Å². The van der Waals surface area contributed by atoms with Crippen LogP contribution in [-0.2, 0) is 4.79 Å². The van der Waals surface area contributed by atoms with E-state index in [0.717, 1.165) is 19.3 Å². The number of hydrogen-bond donors (Lipinski definition) is 2. The molecule has 2 aliphatic rings. The summed E-state index contributed by atoms with van der Waals surface area (Å²) < 4.78 is 39.4. The van der Waals surface area contributed by atoms with Gasteiger partial charge in [0.2, 0.25) is 5.91 Å². The summed E-state index contributed by atoms with van der Waals surface area (Å²) in [5.41, 5.74) is -0.459. The number of halogens is 4. The monoisotopic (exact) mass is 329 g/mol. The molecule has 0 aromatic rings. The van der Waals surface area contributed by atoms with Gasteiger partial charge in [0, 0.05) is 38.1 Å². The molecule has 8 heteroatoms. The lowest BCUT2D eigenvalue weighted by Crippen LogP contribution is -2.58. The number of carbonyl (C=O) groups excluding carboxylic acids is 1. The molecule has 1 aliphatic heterocycles. The van der Waals surface area contributed by atoms with Crippen LogP contribution in [0.25, 0.3) is 0 Å². The number of alkyl halides is 3. The van der Waals surface area contributed by atoms with Gasteiger partial charge >= 0.3 is 6.18 Å². The number of piperazine rings is 1. The van der Waals surface area contributed by atoms with E-state index in [9.17, 15) is 18.0 Å². The van der Waals surface area contributed by atoms with Crippen LogP contribution in [0.15, 0.2) is 0 Å². The molecule has 1 aliphatic carbocycles. The Balaban J connectivity index is 0.00000220. The zero-order valence-corrected chi connectivity index (χ0v) is 12.9. The number of hydrogen-bond acceptors (Lipinski definition) is 3. The molecule has 1 heterocycles. The van der Waals surface area contributed by atoms with E-state index in [1.165, 1.54) is 4.90 Å². The Morgan fingerprint density at radius 3 is 2.33 bits per heavy atom. The summed E-state index contributed by atoms with van der Waals surface area (Å²) in [5, 5.41) is 5.54. The first-order valence-electron chi connectivity index (χ1n) is 7.13. The molecular formula is C13H23ClF3N3O. The molecule has 0 spiro atoms. The maximum absolute atomic E-state index is 13.1. The van der Waals surface area contributed by atoms with Gasteiger partial charge in [-0.3, -0.25) is 9.69 Å². The van der Waals surface area contributed by atoms with Crippen LogP contribution < -0.4 is 10.6 Å². The highest BCUT2D eigenvalue weighted by Crippen LogP contribution is 2.40. The Labute approximate surface area is 129 Å². The van der Waals surface area contributed by atoms with Crippen LogP contribution in [0.1, 0.15) is 26.2 Å². The second-order valence-corrected chi connectivity index (χ2v) is 5.97. The van der Waals surface area contributed by atoms with Gasteiger partial charge < -0.3 is 10.6 Å². The van der Waals surface area contributed by atoms with Gasteiger partial charge in [0.15, 0.2) is 0 Å². The molecule has 1 saturated heterocycles. The molecular weight excluding hydrogens is 307 g/mol. The minimum Gasteiger partial charge on any atom is -0.354 e. The van der Waals surface area contributed by atoms with Gasteiger partial charge in [-0.05, 0) is 12.8 Å². The zero-order chi connectivity index (χ0) is 14.8. The van der Waals surface area contributed by atoms with Crippen molar-refractivity contribution in [3.05, 3.63) is 0 Å². The van der Waals surface area contributed by atoms with Crippen LogP contribution in [0, 0.1) is 5.41 Å². The molecule has 0 aromatic carbocycles. The number of carbonyl (C=O) groups is 1. The summed E-state index contributed by atoms with van der Waals surface area (Å²) in [6.07, 6.45) is -1.80. The molecule has 1 amide bonds. The van der Waals surface area contributed by atoms with Crippen molar-refractivity contribution in [1.82, 2.24) is 15.5 Å². The third-order valence-electron chi connectivity index (χ3n) is 4.43. The quantitative estimate of drug-likeness (QED) is 0.822. The fourth-order valence-corrected chi connectivity index (χ4v) is 2.78. The molecule has 2 fully saturated rings. The molecule has 21 heavy (non-hydrogen) atoms. The third-order valence-corrected chi connectivity index (χ3v) is 4.43. The van der Waals surface area contributed by atoms with Crippen LogP contribution in [0.2, 0.25) is 0 Å². The summed E-state index contributed by atoms with van der Waals surface area (Å²) in [6, 6.07) is -1.59. The molecule has 4 nitrogen and oxygen atoms in total. The first-order chi connectivity index (χ1) is 9.33. The predicted octanol–water partition coefficient (Wildman–Crippen LogP) is 1.55. The Morgan fingerprint density at radius 1 is 1.33 bits per heavy atom. The normalized spacial score (nSPS) is 23.6. The van der Waals surface area contributed by atoms with E-state index < -0.39 is 17.6 Å². The highest BCUT2D eigenvalue weighted by atomic mass is 35.5. The predicted molar refractivity (Wildman–Crippen MR) is 76.5 cm³/mol. The van der Waals surface area contributed by atoms with Gasteiger partial charge in [0.05, 0.1) is 0 Å². The van der Waals surface area contributed by atoms with Crippen molar-refractivity contribution in [2.45, 2.75) is 38.4 Å². The Hall–Kier alpha value is -0.530. The first kappa shape index (κ1) is 18.5. The van der Waals surface area contributed by atoms with Crippen molar-refractivity contribution in [1.29, 1.82) is 0 Å². The van der Waals surface area contributed by atoms with Gasteiger partial charge in [0.1, 0.15) is 6.04 Å². The van der Waals surface area contributed by atoms with Gasteiger partial charge in [-0.2, -0.15) is 13.2 Å². The van der Waals surface area contributed by atoms with Crippen molar-refractivity contribution in [2.75, 3.05) is 32.7 Å². The summed E-state index contributed by atoms with van der Waals surface area (Å²) in [6.45, 7) is 3.29. The van der Waals surface area contributed by atoms with Crippen molar-refractivity contribution in [3.8, 4) is 0 Å². The third kappa shape index (κ3) is 4.47. The fraction of sp³-hybridized carbons (Fsp3) is 0.923. The lowest BCUT2D eigenvalue weighted by Gasteiger charge is -2.39. The van der Waals surface area contributed by atoms with E-state index in [1.54, 1.807) is 0 Å². The summed E-state index contributed by atoms with van der Waals surface area (Å²) in [5.74, 6) is -0.242. The molecule has 0 bridgehead atoms. The van der Waals surface area contributed by atoms with Crippen LogP contribution in [-0.4, -0.2) is 55.7 Å². The SMILES string of the molecule is CC1(C(=O)NCC(N2CCNCC2)C(F)(F)F)CCC1.Cl. The van der Waals surface area contributed by atoms with E-state index in [2.05, 4.69) is 10.6 Å². The van der Waals surface area contributed by atoms with Crippen molar-refractivity contribution in [3.63, 3.8) is 0 Å². The van der Waals surface area contributed by atoms with E-state index in [1.807, 2.05) is 6.92 Å². The molecule has 1 atom stereocenters. The fourth-order valence-electron chi connectivity index (χ4n) is 2.78. The van der Waals surface area contributed by atoms with Crippen molar-refractivity contribution < 1.29 is 18.0 Å². The standard InChI is InChI=1S/C13H22F3N3O.ClH/c1-12(3-2-4-12)11(20)18-9-10(13(14,15)16)19-7-5-17-6-8-19;/h10,17H,2-9H2,1H3,(H,18,20);1H. The van der Waals surface area contributed by atoms with Crippen LogP contribution in [0.4, 0.5) is 13.2 Å². The van der Waals surface area contributed by atoms with Crippen LogP contribution in [0.3, 0.4) is 0 Å². The number of rotatable bonds is 4. The van der Waals surface area contributed by atoms with E-state index in [4.69, 9.17) is 0 Å². The van der Waals surface area contributed by atoms with Crippen molar-refractivity contribution in [2.24, 2.45) is 5.41 Å². The minimum atomic E-state index is -4.31. The molecule has 0 radical (unpaired) electrons. The molecule has 2 N–H and O–H groups in total. The summed E-state index contributed by atoms with van der Waals surface area (Å²) >= 11 is 0. The Kier molecular flexibility index (Phi) is 6.31. The molecule has 0 aromatic heterocycles. The molecule has 124 valence electrons. The molecule has 1 unspecified atom stereocenters. The lowest BCUT2D eigenvalue weighted by atomic mass is 9.70. The van der Waals surface area contributed by atoms with E-state index >= 15 is 0 Å². The number of nitrogens with one attached hydrogen (secondary N) is 2. The first-order valence-corrected chi connectivity index (χ1v) is 7.13. The van der Waals surface area contributed by atoms with Gasteiger partial charge in [-0.25, -0.2) is 0 Å². The van der Waals surface area contributed by atoms with Gasteiger partial charge in [-0.1, -0.05) is 13.3 Å². The summed E-state index contributed by atoms with van der Waals surface area (Å²) in [4.78, 5) is 13.4. The second-order valence-electron chi connectivity index (χ2n) is 5.97. The highest BCUT2D eigenvalue weighted by molar-refractivity contribution is 5.85. The second kappa shape index (κ2) is 7.15. The average Bonchev–Trinajstić information content (AvgIpc) is 2.35. The smallest absolute Gasteiger partial charge is 0.354 e. The van der Waals surface area contributed by atoms with E-state index in [-0.39, 0.29) is 24.9 Å². The number of nitrogens with zero attached hydrogens (tertiary/aromatic N) is 1. The minimum absolute atomic E-state index is 0. The zero-order valence-electron chi connectivity index (χ0n) is 12.1. The van der Waals surface area contributed by atoms with Crippen LogP contribution >= 0.6 is 12.4 Å². The Bertz CT molecular complexity index is 355.